The summed E-state index contributed by atoms with van der Waals surface area (Å²) in [6.45, 7) is 1.58. The zero-order chi connectivity index (χ0) is 25.7. The summed E-state index contributed by atoms with van der Waals surface area (Å²) in [5.74, 6) is 0.538. The van der Waals surface area contributed by atoms with E-state index in [9.17, 15) is 18.0 Å². The normalized spacial score (nSPS) is 19.1. The Morgan fingerprint density at radius 2 is 2.03 bits per heavy atom. The van der Waals surface area contributed by atoms with Gasteiger partial charge in [-0.15, -0.1) is 0 Å². The van der Waals surface area contributed by atoms with Crippen molar-refractivity contribution >= 4 is 29.4 Å². The maximum Gasteiger partial charge on any atom is 0.401 e. The molecule has 2 aliphatic heterocycles. The van der Waals surface area contributed by atoms with Crippen LogP contribution in [0.4, 0.5) is 24.7 Å². The number of carbonyl (C=O) groups is 1. The van der Waals surface area contributed by atoms with E-state index in [4.69, 9.17) is 10.00 Å². The number of alkyl halides is 3. The van der Waals surface area contributed by atoms with Gasteiger partial charge in [-0.3, -0.25) is 14.4 Å². The van der Waals surface area contributed by atoms with E-state index >= 15 is 0 Å². The number of nitrogens with zero attached hydrogens (tertiary/aromatic N) is 4. The fraction of sp³-hybridized carbons (Fsp3) is 0.391. The molecule has 36 heavy (non-hydrogen) atoms. The molecule has 13 heteroatoms. The average Bonchev–Trinajstić information content (AvgIpc) is 3.21. The van der Waals surface area contributed by atoms with Crippen LogP contribution in [0.15, 0.2) is 47.3 Å². The van der Waals surface area contributed by atoms with Crippen LogP contribution in [0, 0.1) is 11.3 Å². The number of likely N-dealkylation sites (tertiary alicyclic amines) is 1. The Bertz CT molecular complexity index is 1140. The zero-order valence-corrected chi connectivity index (χ0v) is 20.1. The van der Waals surface area contributed by atoms with E-state index < -0.39 is 12.7 Å². The fourth-order valence-electron chi connectivity index (χ4n) is 3.83. The Morgan fingerprint density at radius 1 is 1.25 bits per heavy atom. The first-order valence-electron chi connectivity index (χ1n) is 11.2. The minimum Gasteiger partial charge on any atom is -0.474 e. The predicted octanol–water partition coefficient (Wildman–Crippen LogP) is 3.66. The monoisotopic (exact) mass is 519 g/mol. The summed E-state index contributed by atoms with van der Waals surface area (Å²) in [6.07, 6.45) is -0.524. The van der Waals surface area contributed by atoms with E-state index in [-0.39, 0.29) is 18.1 Å². The molecule has 0 saturated carbocycles. The molecule has 0 aromatic carbocycles. The number of aromatic nitrogens is 2. The second-order valence-electron chi connectivity index (χ2n) is 8.40. The van der Waals surface area contributed by atoms with Crippen LogP contribution >= 0.6 is 11.9 Å². The standard InChI is InChI=1S/C23H24F3N7O2S/c1-14-20(22(36-32-14)31-18-4-2-15(10-27)11-28-18)21(34)30-16-3-5-19(29-12-16)35-17-6-8-33(9-7-17)13-23(24,25)26/h2-5,11-12,14,17,32H,6-9,13H2,1H3,(H,28,31)(H,30,34). The van der Waals surface area contributed by atoms with Gasteiger partial charge in [-0.05, 0) is 49.9 Å². The highest BCUT2D eigenvalue weighted by Crippen LogP contribution is 2.30. The molecule has 2 aliphatic rings. The van der Waals surface area contributed by atoms with Crippen molar-refractivity contribution in [3.63, 3.8) is 0 Å². The van der Waals surface area contributed by atoms with Crippen LogP contribution in [0.5, 0.6) is 5.88 Å². The van der Waals surface area contributed by atoms with Gasteiger partial charge in [-0.1, -0.05) is 0 Å². The summed E-state index contributed by atoms with van der Waals surface area (Å²) in [5.41, 5.74) is 1.40. The summed E-state index contributed by atoms with van der Waals surface area (Å²) in [7, 11) is 0. The van der Waals surface area contributed by atoms with E-state index in [2.05, 4.69) is 25.3 Å². The average molecular weight is 520 g/mol. The van der Waals surface area contributed by atoms with E-state index in [1.807, 2.05) is 13.0 Å². The van der Waals surface area contributed by atoms with Crippen molar-refractivity contribution in [2.75, 3.05) is 30.3 Å². The number of hydrogen-bond donors (Lipinski definition) is 3. The van der Waals surface area contributed by atoms with Crippen LogP contribution in [0.2, 0.25) is 0 Å². The van der Waals surface area contributed by atoms with Crippen LogP contribution in [0.25, 0.3) is 0 Å². The maximum atomic E-state index is 13.0. The lowest BCUT2D eigenvalue weighted by atomic mass is 10.1. The molecule has 0 radical (unpaired) electrons. The molecule has 1 atom stereocenters. The Balaban J connectivity index is 1.33. The topological polar surface area (TPSA) is 115 Å². The summed E-state index contributed by atoms with van der Waals surface area (Å²) in [5, 5.41) is 15.4. The van der Waals surface area contributed by atoms with Gasteiger partial charge < -0.3 is 15.4 Å². The Morgan fingerprint density at radius 3 is 2.64 bits per heavy atom. The molecule has 1 unspecified atom stereocenters. The first kappa shape index (κ1) is 25.7. The molecule has 3 N–H and O–H groups in total. The lowest BCUT2D eigenvalue weighted by Gasteiger charge is -2.32. The first-order chi connectivity index (χ1) is 17.2. The largest absolute Gasteiger partial charge is 0.474 e. The first-order valence-corrected chi connectivity index (χ1v) is 12.0. The third kappa shape index (κ3) is 6.87. The number of nitrogens with one attached hydrogen (secondary N) is 3. The van der Waals surface area contributed by atoms with Gasteiger partial charge in [0.2, 0.25) is 5.88 Å². The molecular weight excluding hydrogens is 495 g/mol. The van der Waals surface area contributed by atoms with E-state index in [1.165, 1.54) is 29.2 Å². The molecule has 4 rings (SSSR count). The molecule has 1 amide bonds. The summed E-state index contributed by atoms with van der Waals surface area (Å²) < 4.78 is 46.6. The summed E-state index contributed by atoms with van der Waals surface area (Å²) in [6, 6.07) is 8.36. The van der Waals surface area contributed by atoms with E-state index in [0.717, 1.165) is 0 Å². The van der Waals surface area contributed by atoms with Crippen LogP contribution in [-0.4, -0.2) is 58.7 Å². The van der Waals surface area contributed by atoms with Gasteiger partial charge in [-0.25, -0.2) is 9.97 Å². The minimum absolute atomic E-state index is 0.209. The zero-order valence-electron chi connectivity index (χ0n) is 19.3. The molecule has 2 aromatic rings. The second kappa shape index (κ2) is 11.2. The van der Waals surface area contributed by atoms with E-state index in [0.29, 0.717) is 59.5 Å². The summed E-state index contributed by atoms with van der Waals surface area (Å²) >= 11 is 1.28. The molecule has 1 saturated heterocycles. The smallest absolute Gasteiger partial charge is 0.401 e. The quantitative estimate of drug-likeness (QED) is 0.472. The minimum atomic E-state index is -4.20. The summed E-state index contributed by atoms with van der Waals surface area (Å²) in [4.78, 5) is 22.8. The highest BCUT2D eigenvalue weighted by Gasteiger charge is 2.33. The maximum absolute atomic E-state index is 13.0. The van der Waals surface area contributed by atoms with Gasteiger partial charge in [-0.2, -0.15) is 18.4 Å². The number of rotatable bonds is 7. The second-order valence-corrected chi connectivity index (χ2v) is 9.25. The molecule has 0 bridgehead atoms. The highest BCUT2D eigenvalue weighted by atomic mass is 32.2. The molecular formula is C23H24F3N7O2S. The van der Waals surface area contributed by atoms with Crippen molar-refractivity contribution in [3.8, 4) is 11.9 Å². The Kier molecular flexibility index (Phi) is 7.97. The fourth-order valence-corrected chi connectivity index (χ4v) is 4.78. The Hall–Kier alpha value is -3.34. The number of nitriles is 1. The van der Waals surface area contributed by atoms with E-state index in [1.54, 1.807) is 24.3 Å². The molecule has 4 heterocycles. The van der Waals surface area contributed by atoms with Gasteiger partial charge in [0, 0.05) is 31.4 Å². The molecule has 0 spiro atoms. The third-order valence-electron chi connectivity index (χ3n) is 5.61. The molecule has 9 nitrogen and oxygen atoms in total. The number of piperidine rings is 1. The number of amides is 1. The molecule has 1 fully saturated rings. The van der Waals surface area contributed by atoms with Crippen LogP contribution in [0.1, 0.15) is 25.3 Å². The van der Waals surface area contributed by atoms with Crippen molar-refractivity contribution in [3.05, 3.63) is 52.8 Å². The SMILES string of the molecule is CC1NSC(Nc2ccc(C#N)cn2)=C1C(=O)Nc1ccc(OC2CCN(CC(F)(F)F)CC2)nc1. The van der Waals surface area contributed by atoms with Gasteiger partial charge in [0.1, 0.15) is 18.0 Å². The van der Waals surface area contributed by atoms with Crippen molar-refractivity contribution in [1.82, 2.24) is 19.6 Å². The van der Waals surface area contributed by atoms with Gasteiger partial charge in [0.25, 0.3) is 5.91 Å². The van der Waals surface area contributed by atoms with Gasteiger partial charge in [0.15, 0.2) is 0 Å². The predicted molar refractivity (Wildman–Crippen MR) is 129 cm³/mol. The van der Waals surface area contributed by atoms with Gasteiger partial charge >= 0.3 is 6.18 Å². The number of anilines is 2. The number of carbonyl (C=O) groups excluding carboxylic acids is 1. The Labute approximate surface area is 210 Å². The van der Waals surface area contributed by atoms with Crippen molar-refractivity contribution < 1.29 is 22.7 Å². The highest BCUT2D eigenvalue weighted by molar-refractivity contribution is 8.01. The lowest BCUT2D eigenvalue weighted by molar-refractivity contribution is -0.149. The molecule has 2 aromatic heterocycles. The number of hydrogen-bond acceptors (Lipinski definition) is 9. The number of ether oxygens (including phenoxy) is 1. The number of halogens is 3. The van der Waals surface area contributed by atoms with Crippen molar-refractivity contribution in [2.45, 2.75) is 38.1 Å². The van der Waals surface area contributed by atoms with Gasteiger partial charge in [0.05, 0.1) is 34.6 Å². The van der Waals surface area contributed by atoms with Crippen LogP contribution < -0.4 is 20.1 Å². The van der Waals surface area contributed by atoms with Crippen LogP contribution in [0.3, 0.4) is 0 Å². The van der Waals surface area contributed by atoms with Crippen molar-refractivity contribution in [1.29, 1.82) is 5.26 Å². The molecule has 0 aliphatic carbocycles. The van der Waals surface area contributed by atoms with Crippen LogP contribution in [-0.2, 0) is 4.79 Å². The lowest BCUT2D eigenvalue weighted by Crippen LogP contribution is -2.42. The number of pyridine rings is 2. The third-order valence-corrected chi connectivity index (χ3v) is 6.61. The van der Waals surface area contributed by atoms with Crippen molar-refractivity contribution in [2.24, 2.45) is 0 Å². The molecule has 190 valence electrons.